The molecule has 2 aromatic carbocycles. The lowest BCUT2D eigenvalue weighted by Gasteiger charge is -2.13. The first-order chi connectivity index (χ1) is 13.3. The average Bonchev–Trinajstić information content (AvgIpc) is 3.02. The number of carbonyl (C=O) groups is 3. The smallest absolute Gasteiger partial charge is 0.253 e. The number of benzene rings is 2. The van der Waals surface area contributed by atoms with E-state index in [1.165, 1.54) is 18.3 Å². The number of carbonyl (C=O) groups excluding carboxylic acids is 3. The van der Waals surface area contributed by atoms with Crippen LogP contribution in [0.15, 0.2) is 42.5 Å². The number of halogens is 1. The second-order valence-electron chi connectivity index (χ2n) is 6.05. The van der Waals surface area contributed by atoms with Gasteiger partial charge >= 0.3 is 0 Å². The van der Waals surface area contributed by atoms with Gasteiger partial charge in [-0.2, -0.15) is 0 Å². The highest BCUT2D eigenvalue weighted by Gasteiger charge is 2.19. The third-order valence-corrected chi connectivity index (χ3v) is 5.06. The number of nitrogens with one attached hydrogen (secondary N) is 3. The van der Waals surface area contributed by atoms with Crippen LogP contribution in [0.4, 0.5) is 10.8 Å². The fourth-order valence-corrected chi connectivity index (χ4v) is 3.59. The van der Waals surface area contributed by atoms with Gasteiger partial charge in [0.25, 0.3) is 5.91 Å². The van der Waals surface area contributed by atoms with E-state index in [1.807, 2.05) is 0 Å². The number of fused-ring (bicyclic) bond motifs is 1. The van der Waals surface area contributed by atoms with E-state index in [-0.39, 0.29) is 5.91 Å². The van der Waals surface area contributed by atoms with Gasteiger partial charge in [-0.3, -0.25) is 14.4 Å². The van der Waals surface area contributed by atoms with E-state index in [1.54, 1.807) is 49.4 Å². The first kappa shape index (κ1) is 19.8. The number of nitrogens with zero attached hydrogens (tertiary/aromatic N) is 1. The van der Waals surface area contributed by atoms with Gasteiger partial charge in [-0.25, -0.2) is 4.98 Å². The van der Waals surface area contributed by atoms with Crippen molar-refractivity contribution < 1.29 is 14.4 Å². The highest BCUT2D eigenvalue weighted by Crippen LogP contribution is 2.28. The molecule has 3 amide bonds. The normalized spacial score (nSPS) is 11.7. The van der Waals surface area contributed by atoms with E-state index < -0.39 is 17.9 Å². The van der Waals surface area contributed by atoms with E-state index in [9.17, 15) is 14.4 Å². The van der Waals surface area contributed by atoms with Crippen LogP contribution in [0.2, 0.25) is 5.02 Å². The predicted octanol–water partition coefficient (Wildman–Crippen LogP) is 3.67. The number of thiazole rings is 1. The van der Waals surface area contributed by atoms with Gasteiger partial charge in [0.15, 0.2) is 5.13 Å². The number of amides is 3. The molecule has 0 aliphatic heterocycles. The molecule has 0 aliphatic carbocycles. The quantitative estimate of drug-likeness (QED) is 0.590. The van der Waals surface area contributed by atoms with Crippen molar-refractivity contribution in [3.8, 4) is 0 Å². The van der Waals surface area contributed by atoms with Gasteiger partial charge < -0.3 is 16.0 Å². The summed E-state index contributed by atoms with van der Waals surface area (Å²) < 4.78 is 0.814. The summed E-state index contributed by atoms with van der Waals surface area (Å²) in [5.74, 6) is -1.00. The fourth-order valence-electron chi connectivity index (χ4n) is 2.46. The number of anilines is 2. The molecule has 1 heterocycles. The maximum atomic E-state index is 12.4. The first-order valence-corrected chi connectivity index (χ1v) is 9.57. The molecule has 0 bridgehead atoms. The first-order valence-electron chi connectivity index (χ1n) is 8.38. The van der Waals surface area contributed by atoms with Gasteiger partial charge in [-0.15, -0.1) is 0 Å². The molecule has 9 heteroatoms. The summed E-state index contributed by atoms with van der Waals surface area (Å²) in [7, 11) is 0. The topological polar surface area (TPSA) is 100 Å². The molecule has 28 heavy (non-hydrogen) atoms. The molecule has 3 aromatic rings. The Hall–Kier alpha value is -2.97. The van der Waals surface area contributed by atoms with Crippen molar-refractivity contribution in [1.29, 1.82) is 0 Å². The molecule has 0 saturated carbocycles. The third kappa shape index (κ3) is 4.65. The van der Waals surface area contributed by atoms with Crippen molar-refractivity contribution in [1.82, 2.24) is 10.3 Å². The van der Waals surface area contributed by atoms with Gasteiger partial charge in [0.2, 0.25) is 11.8 Å². The molecule has 0 radical (unpaired) electrons. The Morgan fingerprint density at radius 2 is 1.86 bits per heavy atom. The second-order valence-corrected chi connectivity index (χ2v) is 7.48. The minimum absolute atomic E-state index is 0.166. The Bertz CT molecular complexity index is 1070. The molecular formula is C19H17ClN4O3S. The van der Waals surface area contributed by atoms with Gasteiger partial charge in [0.1, 0.15) is 6.04 Å². The van der Waals surface area contributed by atoms with Crippen LogP contribution in [-0.2, 0) is 9.59 Å². The third-order valence-electron chi connectivity index (χ3n) is 3.80. The molecular weight excluding hydrogens is 400 g/mol. The fraction of sp³-hybridized carbons (Fsp3) is 0.158. The van der Waals surface area contributed by atoms with Crippen LogP contribution < -0.4 is 16.0 Å². The average molecular weight is 417 g/mol. The van der Waals surface area contributed by atoms with E-state index in [0.29, 0.717) is 26.9 Å². The minimum Gasteiger partial charge on any atom is -0.340 e. The van der Waals surface area contributed by atoms with Crippen molar-refractivity contribution in [2.24, 2.45) is 0 Å². The summed E-state index contributed by atoms with van der Waals surface area (Å²) in [5, 5.41) is 8.73. The highest BCUT2D eigenvalue weighted by atomic mass is 35.5. The van der Waals surface area contributed by atoms with Gasteiger partial charge in [0, 0.05) is 12.6 Å². The van der Waals surface area contributed by atoms with Gasteiger partial charge in [-0.1, -0.05) is 35.1 Å². The summed E-state index contributed by atoms with van der Waals surface area (Å²) in [6.07, 6.45) is 0. The Morgan fingerprint density at radius 3 is 2.57 bits per heavy atom. The number of hydrogen-bond donors (Lipinski definition) is 3. The Labute approximate surface area is 170 Å². The molecule has 1 atom stereocenters. The zero-order valence-electron chi connectivity index (χ0n) is 15.1. The summed E-state index contributed by atoms with van der Waals surface area (Å²) in [6, 6.07) is 11.1. The Morgan fingerprint density at radius 1 is 1.11 bits per heavy atom. The highest BCUT2D eigenvalue weighted by molar-refractivity contribution is 7.22. The molecule has 0 saturated heterocycles. The molecule has 144 valence electrons. The van der Waals surface area contributed by atoms with Crippen molar-refractivity contribution in [2.45, 2.75) is 19.9 Å². The largest absolute Gasteiger partial charge is 0.340 e. The molecule has 1 aromatic heterocycles. The van der Waals surface area contributed by atoms with Gasteiger partial charge in [-0.05, 0) is 37.3 Å². The molecule has 0 aliphatic rings. The predicted molar refractivity (Wildman–Crippen MR) is 111 cm³/mol. The lowest BCUT2D eigenvalue weighted by atomic mass is 10.2. The van der Waals surface area contributed by atoms with Crippen LogP contribution in [-0.4, -0.2) is 28.7 Å². The summed E-state index contributed by atoms with van der Waals surface area (Å²) in [6.45, 7) is 3.01. The molecule has 3 N–H and O–H groups in total. The summed E-state index contributed by atoms with van der Waals surface area (Å²) in [4.78, 5) is 40.2. The Balaban J connectivity index is 1.67. The van der Waals surface area contributed by atoms with Crippen LogP contribution in [0.3, 0.4) is 0 Å². The zero-order chi connectivity index (χ0) is 20.3. The molecule has 0 spiro atoms. The minimum atomic E-state index is -0.786. The zero-order valence-corrected chi connectivity index (χ0v) is 16.6. The van der Waals surface area contributed by atoms with Crippen LogP contribution in [0.5, 0.6) is 0 Å². The lowest BCUT2D eigenvalue weighted by molar-refractivity contribution is -0.117. The lowest BCUT2D eigenvalue weighted by Crippen LogP contribution is -2.41. The summed E-state index contributed by atoms with van der Waals surface area (Å²) >= 11 is 7.28. The van der Waals surface area contributed by atoms with Crippen molar-refractivity contribution in [2.75, 3.05) is 10.6 Å². The maximum Gasteiger partial charge on any atom is 0.253 e. The van der Waals surface area contributed by atoms with Crippen LogP contribution in [0, 0.1) is 0 Å². The molecule has 0 fully saturated rings. The molecule has 3 rings (SSSR count). The van der Waals surface area contributed by atoms with E-state index >= 15 is 0 Å². The van der Waals surface area contributed by atoms with Crippen LogP contribution >= 0.6 is 22.9 Å². The summed E-state index contributed by atoms with van der Waals surface area (Å²) in [5.41, 5.74) is 1.65. The SMILES string of the molecule is CC(=O)Nc1ccc2nc(NC(=O)C(C)NC(=O)c3ccccc3Cl)sc2c1. The van der Waals surface area contributed by atoms with Gasteiger partial charge in [0.05, 0.1) is 20.8 Å². The van der Waals surface area contributed by atoms with E-state index in [2.05, 4.69) is 20.9 Å². The van der Waals surface area contributed by atoms with Crippen molar-refractivity contribution in [3.63, 3.8) is 0 Å². The number of hydrogen-bond acceptors (Lipinski definition) is 5. The maximum absolute atomic E-state index is 12.4. The monoisotopic (exact) mass is 416 g/mol. The standard InChI is InChI=1S/C19H17ClN4O3S/c1-10(21-18(27)13-5-3-4-6-14(13)20)17(26)24-19-23-15-8-7-12(22-11(2)25)9-16(15)28-19/h3-10H,1-2H3,(H,21,27)(H,22,25)(H,23,24,26). The van der Waals surface area contributed by atoms with Crippen molar-refractivity contribution in [3.05, 3.63) is 53.1 Å². The molecule has 7 nitrogen and oxygen atoms in total. The number of rotatable bonds is 5. The van der Waals surface area contributed by atoms with E-state index in [0.717, 1.165) is 4.70 Å². The second kappa shape index (κ2) is 8.37. The van der Waals surface area contributed by atoms with Crippen LogP contribution in [0.1, 0.15) is 24.2 Å². The van der Waals surface area contributed by atoms with Crippen molar-refractivity contribution >= 4 is 61.7 Å². The van der Waals surface area contributed by atoms with E-state index in [4.69, 9.17) is 11.6 Å². The van der Waals surface area contributed by atoms with Crippen LogP contribution in [0.25, 0.3) is 10.2 Å². The molecule has 1 unspecified atom stereocenters. The Kier molecular flexibility index (Phi) is 5.91. The number of aromatic nitrogens is 1.